The first-order valence-electron chi connectivity index (χ1n) is 8.26. The van der Waals surface area contributed by atoms with Crippen LogP contribution in [-0.4, -0.2) is 43.7 Å². The average molecular weight is 334 g/mol. The summed E-state index contributed by atoms with van der Waals surface area (Å²) in [4.78, 5) is 2.31. The predicted octanol–water partition coefficient (Wildman–Crippen LogP) is 2.51. The molecule has 1 aromatic carbocycles. The van der Waals surface area contributed by atoms with Crippen LogP contribution in [0.5, 0.6) is 0 Å². The van der Waals surface area contributed by atoms with Crippen LogP contribution < -0.4 is 15.6 Å². The summed E-state index contributed by atoms with van der Waals surface area (Å²) in [5, 5.41) is 7.82. The lowest BCUT2D eigenvalue weighted by molar-refractivity contribution is 0.114. The van der Waals surface area contributed by atoms with E-state index in [4.69, 9.17) is 17.0 Å². The van der Waals surface area contributed by atoms with E-state index in [1.807, 2.05) is 0 Å². The molecular weight excluding hydrogens is 308 g/mol. The van der Waals surface area contributed by atoms with Gasteiger partial charge in [-0.25, -0.2) is 0 Å². The van der Waals surface area contributed by atoms with Crippen LogP contribution in [0, 0.1) is 0 Å². The van der Waals surface area contributed by atoms with Gasteiger partial charge in [-0.05, 0) is 56.6 Å². The Balaban J connectivity index is 1.75. The zero-order valence-electron chi connectivity index (χ0n) is 13.9. The van der Waals surface area contributed by atoms with Crippen LogP contribution in [0.1, 0.15) is 32.3 Å². The third-order valence-electron chi connectivity index (χ3n) is 3.92. The number of nitrogens with one attached hydrogen (secondary N) is 2. The maximum atomic E-state index is 5.53. The molecule has 23 heavy (non-hydrogen) atoms. The van der Waals surface area contributed by atoms with Crippen LogP contribution in [0.15, 0.2) is 29.4 Å². The lowest BCUT2D eigenvalue weighted by Crippen LogP contribution is -2.37. The van der Waals surface area contributed by atoms with Crippen molar-refractivity contribution in [2.45, 2.75) is 32.8 Å². The van der Waals surface area contributed by atoms with Gasteiger partial charge >= 0.3 is 0 Å². The molecule has 0 amide bonds. The molecule has 1 fully saturated rings. The summed E-state index contributed by atoms with van der Waals surface area (Å²) < 4.78 is 5.53. The van der Waals surface area contributed by atoms with Crippen LogP contribution in [-0.2, 0) is 4.74 Å². The maximum Gasteiger partial charge on any atom is 0.187 e. The topological polar surface area (TPSA) is 48.9 Å². The van der Waals surface area contributed by atoms with E-state index < -0.39 is 0 Å². The van der Waals surface area contributed by atoms with Crippen molar-refractivity contribution in [1.29, 1.82) is 0 Å². The fraction of sp³-hybridized carbons (Fsp3) is 0.529. The van der Waals surface area contributed by atoms with Gasteiger partial charge in [0.25, 0.3) is 0 Å². The molecule has 1 unspecified atom stereocenters. The first-order valence-corrected chi connectivity index (χ1v) is 8.67. The number of nitrogens with zero attached hydrogens (tertiary/aromatic N) is 2. The van der Waals surface area contributed by atoms with Crippen LogP contribution in [0.3, 0.4) is 0 Å². The van der Waals surface area contributed by atoms with Crippen molar-refractivity contribution in [2.24, 2.45) is 5.10 Å². The first-order chi connectivity index (χ1) is 11.2. The monoisotopic (exact) mass is 334 g/mol. The van der Waals surface area contributed by atoms with Crippen molar-refractivity contribution in [1.82, 2.24) is 10.7 Å². The van der Waals surface area contributed by atoms with E-state index in [1.54, 1.807) is 6.21 Å². The number of thiocarbonyl (C=S) groups is 1. The second-order valence-electron chi connectivity index (χ2n) is 5.48. The lowest BCUT2D eigenvalue weighted by atomic mass is 10.2. The average Bonchev–Trinajstić information content (AvgIpc) is 3.09. The second-order valence-corrected chi connectivity index (χ2v) is 5.89. The minimum absolute atomic E-state index is 0.270. The van der Waals surface area contributed by atoms with Gasteiger partial charge in [-0.3, -0.25) is 5.43 Å². The normalized spacial score (nSPS) is 17.4. The standard InChI is InChI=1S/C17H26N4OS/c1-3-21(4-2)15-9-7-14(8-10-15)12-19-20-17(23)18-13-16-6-5-11-22-16/h7-10,12,16H,3-6,11,13H2,1-2H3,(H2,18,20,23). The van der Waals surface area contributed by atoms with Gasteiger partial charge in [0.2, 0.25) is 0 Å². The fourth-order valence-corrected chi connectivity index (χ4v) is 2.71. The third-order valence-corrected chi connectivity index (χ3v) is 4.15. The molecule has 0 aromatic heterocycles. The summed E-state index contributed by atoms with van der Waals surface area (Å²) >= 11 is 5.19. The molecule has 0 aliphatic carbocycles. The van der Waals surface area contributed by atoms with E-state index in [1.165, 1.54) is 5.69 Å². The number of hydrogen-bond acceptors (Lipinski definition) is 4. The summed E-state index contributed by atoms with van der Waals surface area (Å²) in [6.45, 7) is 7.93. The van der Waals surface area contributed by atoms with E-state index in [9.17, 15) is 0 Å². The zero-order valence-corrected chi connectivity index (χ0v) is 14.7. The van der Waals surface area contributed by atoms with E-state index in [0.717, 1.165) is 44.6 Å². The number of benzene rings is 1. The minimum Gasteiger partial charge on any atom is -0.376 e. The second kappa shape index (κ2) is 9.47. The fourth-order valence-electron chi connectivity index (χ4n) is 2.58. The highest BCUT2D eigenvalue weighted by atomic mass is 32.1. The molecule has 5 nitrogen and oxygen atoms in total. The smallest absolute Gasteiger partial charge is 0.187 e. The van der Waals surface area contributed by atoms with Gasteiger partial charge in [0, 0.05) is 31.9 Å². The molecule has 1 atom stereocenters. The van der Waals surface area contributed by atoms with Crippen molar-refractivity contribution in [3.63, 3.8) is 0 Å². The van der Waals surface area contributed by atoms with Crippen LogP contribution >= 0.6 is 12.2 Å². The Bertz CT molecular complexity index is 508. The van der Waals surface area contributed by atoms with Crippen LogP contribution in [0.25, 0.3) is 0 Å². The number of rotatable bonds is 7. The van der Waals surface area contributed by atoms with E-state index >= 15 is 0 Å². The largest absolute Gasteiger partial charge is 0.376 e. The summed E-state index contributed by atoms with van der Waals surface area (Å²) in [5.41, 5.74) is 5.11. The Kier molecular flexibility index (Phi) is 7.29. The molecule has 1 aliphatic rings. The molecule has 1 aliphatic heterocycles. The van der Waals surface area contributed by atoms with Gasteiger partial charge in [-0.2, -0.15) is 5.10 Å². The van der Waals surface area contributed by atoms with Crippen LogP contribution in [0.2, 0.25) is 0 Å². The number of hydrogen-bond donors (Lipinski definition) is 2. The van der Waals surface area contributed by atoms with Crippen molar-refractivity contribution >= 4 is 29.2 Å². The quantitative estimate of drug-likeness (QED) is 0.456. The molecule has 0 bridgehead atoms. The molecule has 2 N–H and O–H groups in total. The molecule has 2 rings (SSSR count). The van der Waals surface area contributed by atoms with E-state index in [-0.39, 0.29) is 6.10 Å². The molecule has 0 radical (unpaired) electrons. The van der Waals surface area contributed by atoms with Gasteiger partial charge in [0.05, 0.1) is 12.3 Å². The minimum atomic E-state index is 0.270. The van der Waals surface area contributed by atoms with Crippen molar-refractivity contribution in [3.8, 4) is 0 Å². The lowest BCUT2D eigenvalue weighted by Gasteiger charge is -2.20. The summed E-state index contributed by atoms with van der Waals surface area (Å²) in [6.07, 6.45) is 4.27. The SMILES string of the molecule is CCN(CC)c1ccc(C=NNC(=S)NCC2CCCO2)cc1. The molecular formula is C17H26N4OS. The van der Waals surface area contributed by atoms with E-state index in [2.05, 4.69) is 58.9 Å². The van der Waals surface area contributed by atoms with Gasteiger partial charge < -0.3 is 15.0 Å². The predicted molar refractivity (Wildman–Crippen MR) is 100 cm³/mol. The van der Waals surface area contributed by atoms with Crippen molar-refractivity contribution < 1.29 is 4.74 Å². The Morgan fingerprint density at radius 3 is 2.70 bits per heavy atom. The van der Waals surface area contributed by atoms with Crippen LogP contribution in [0.4, 0.5) is 5.69 Å². The van der Waals surface area contributed by atoms with Gasteiger partial charge in [-0.1, -0.05) is 12.1 Å². The highest BCUT2D eigenvalue weighted by Crippen LogP contribution is 2.14. The highest BCUT2D eigenvalue weighted by Gasteiger charge is 2.14. The Morgan fingerprint density at radius 2 is 2.09 bits per heavy atom. The van der Waals surface area contributed by atoms with Crippen molar-refractivity contribution in [2.75, 3.05) is 31.1 Å². The Labute approximate surface area is 144 Å². The maximum absolute atomic E-state index is 5.53. The number of anilines is 1. The van der Waals surface area contributed by atoms with Crippen molar-refractivity contribution in [3.05, 3.63) is 29.8 Å². The third kappa shape index (κ3) is 5.80. The summed E-state index contributed by atoms with van der Waals surface area (Å²) in [7, 11) is 0. The molecule has 1 saturated heterocycles. The molecule has 0 spiro atoms. The summed E-state index contributed by atoms with van der Waals surface area (Å²) in [5.74, 6) is 0. The molecule has 1 heterocycles. The highest BCUT2D eigenvalue weighted by molar-refractivity contribution is 7.80. The van der Waals surface area contributed by atoms with Gasteiger partial charge in [0.1, 0.15) is 0 Å². The van der Waals surface area contributed by atoms with Gasteiger partial charge in [-0.15, -0.1) is 0 Å². The molecule has 126 valence electrons. The van der Waals surface area contributed by atoms with E-state index in [0.29, 0.717) is 5.11 Å². The zero-order chi connectivity index (χ0) is 16.5. The molecule has 0 saturated carbocycles. The summed E-state index contributed by atoms with van der Waals surface area (Å²) in [6, 6.07) is 8.34. The first kappa shape index (κ1) is 17.7. The number of hydrazone groups is 1. The number of ether oxygens (including phenoxy) is 1. The Morgan fingerprint density at radius 1 is 1.35 bits per heavy atom. The van der Waals surface area contributed by atoms with Gasteiger partial charge in [0.15, 0.2) is 5.11 Å². The molecule has 1 aromatic rings. The Hall–Kier alpha value is -1.66. The molecule has 6 heteroatoms.